The van der Waals surface area contributed by atoms with Gasteiger partial charge in [-0.15, -0.1) is 0 Å². The van der Waals surface area contributed by atoms with E-state index in [0.29, 0.717) is 19.0 Å². The van der Waals surface area contributed by atoms with Crippen molar-refractivity contribution in [2.24, 2.45) is 5.92 Å². The predicted octanol–water partition coefficient (Wildman–Crippen LogP) is 0.504. The van der Waals surface area contributed by atoms with Crippen LogP contribution in [-0.2, 0) is 19.7 Å². The lowest BCUT2D eigenvalue weighted by molar-refractivity contribution is -0.144. The van der Waals surface area contributed by atoms with Crippen LogP contribution >= 0.6 is 0 Å². The van der Waals surface area contributed by atoms with Crippen LogP contribution < -0.4 is 4.72 Å². The van der Waals surface area contributed by atoms with E-state index in [9.17, 15) is 13.2 Å². The molecule has 1 atom stereocenters. The molecule has 1 heterocycles. The lowest BCUT2D eigenvalue weighted by Gasteiger charge is -2.30. The molecule has 0 saturated carbocycles. The minimum atomic E-state index is -3.59. The molecule has 0 spiro atoms. The molecule has 0 radical (unpaired) electrons. The lowest BCUT2D eigenvalue weighted by atomic mass is 10.0. The monoisotopic (exact) mass is 278 g/mol. The number of hydrogen-bond donors (Lipinski definition) is 1. The molecule has 1 aliphatic rings. The third-order valence-corrected chi connectivity index (χ3v) is 4.74. The summed E-state index contributed by atoms with van der Waals surface area (Å²) in [4.78, 5) is 11.4. The first-order chi connectivity index (χ1) is 8.36. The quantitative estimate of drug-likeness (QED) is 0.743. The Balaban J connectivity index is 2.56. The van der Waals surface area contributed by atoms with Gasteiger partial charge in [0.05, 0.1) is 6.61 Å². The third-order valence-electron chi connectivity index (χ3n) is 3.05. The molecule has 106 valence electrons. The number of piperidine rings is 1. The molecule has 0 aromatic rings. The first-order valence-electron chi connectivity index (χ1n) is 6.31. The second kappa shape index (κ2) is 6.49. The molecular formula is C11H22N2O4S. The van der Waals surface area contributed by atoms with E-state index in [1.807, 2.05) is 0 Å². The predicted molar refractivity (Wildman–Crippen MR) is 68.1 cm³/mol. The van der Waals surface area contributed by atoms with Gasteiger partial charge in [0.15, 0.2) is 0 Å². The number of nitrogens with one attached hydrogen (secondary N) is 1. The van der Waals surface area contributed by atoms with E-state index >= 15 is 0 Å². The van der Waals surface area contributed by atoms with Crippen molar-refractivity contribution >= 4 is 16.2 Å². The van der Waals surface area contributed by atoms with Crippen molar-refractivity contribution < 1.29 is 17.9 Å². The standard InChI is InChI=1S/C11H22N2O4S/c1-4-17-11(14)10(3)12-18(15,16)13-7-5-9(2)6-8-13/h9-10,12H,4-8H2,1-3H3. The van der Waals surface area contributed by atoms with E-state index < -0.39 is 22.2 Å². The van der Waals surface area contributed by atoms with Gasteiger partial charge in [0.2, 0.25) is 0 Å². The highest BCUT2D eigenvalue weighted by atomic mass is 32.2. The van der Waals surface area contributed by atoms with Crippen molar-refractivity contribution in [1.82, 2.24) is 9.03 Å². The number of carbonyl (C=O) groups excluding carboxylic acids is 1. The average Bonchev–Trinajstić information content (AvgIpc) is 2.29. The molecule has 0 aromatic carbocycles. The maximum absolute atomic E-state index is 12.0. The van der Waals surface area contributed by atoms with Gasteiger partial charge in [-0.3, -0.25) is 4.79 Å². The van der Waals surface area contributed by atoms with Crippen LogP contribution in [0.5, 0.6) is 0 Å². The number of rotatable bonds is 5. The first kappa shape index (κ1) is 15.4. The van der Waals surface area contributed by atoms with Crippen molar-refractivity contribution in [1.29, 1.82) is 0 Å². The number of nitrogens with zero attached hydrogens (tertiary/aromatic N) is 1. The van der Waals surface area contributed by atoms with Gasteiger partial charge in [-0.05, 0) is 32.6 Å². The van der Waals surface area contributed by atoms with Crippen LogP contribution in [0.15, 0.2) is 0 Å². The summed E-state index contributed by atoms with van der Waals surface area (Å²) >= 11 is 0. The Bertz CT molecular complexity index is 375. The number of carbonyl (C=O) groups is 1. The molecule has 6 nitrogen and oxygen atoms in total. The normalized spacial score (nSPS) is 20.6. The Kier molecular flexibility index (Phi) is 5.55. The smallest absolute Gasteiger partial charge is 0.323 e. The van der Waals surface area contributed by atoms with Gasteiger partial charge in [0.25, 0.3) is 10.2 Å². The lowest BCUT2D eigenvalue weighted by Crippen LogP contribution is -2.49. The van der Waals surface area contributed by atoms with Crippen LogP contribution in [0.1, 0.15) is 33.6 Å². The van der Waals surface area contributed by atoms with Crippen LogP contribution in [0.25, 0.3) is 0 Å². The maximum Gasteiger partial charge on any atom is 0.323 e. The van der Waals surface area contributed by atoms with Crippen molar-refractivity contribution in [3.8, 4) is 0 Å². The number of esters is 1. The second-order valence-electron chi connectivity index (χ2n) is 4.68. The summed E-state index contributed by atoms with van der Waals surface area (Å²) in [6.45, 7) is 6.54. The Labute approximate surface area is 109 Å². The minimum absolute atomic E-state index is 0.242. The molecular weight excluding hydrogens is 256 g/mol. The zero-order valence-corrected chi connectivity index (χ0v) is 12.0. The Morgan fingerprint density at radius 3 is 2.50 bits per heavy atom. The van der Waals surface area contributed by atoms with Gasteiger partial charge < -0.3 is 4.74 Å². The topological polar surface area (TPSA) is 75.7 Å². The van der Waals surface area contributed by atoms with Crippen LogP contribution in [0, 0.1) is 5.92 Å². The van der Waals surface area contributed by atoms with Crippen LogP contribution in [0.3, 0.4) is 0 Å². The first-order valence-corrected chi connectivity index (χ1v) is 7.75. The summed E-state index contributed by atoms with van der Waals surface area (Å²) in [7, 11) is -3.59. The fourth-order valence-corrected chi connectivity index (χ4v) is 3.22. The van der Waals surface area contributed by atoms with E-state index in [2.05, 4.69) is 11.6 Å². The Morgan fingerprint density at radius 2 is 2.00 bits per heavy atom. The summed E-state index contributed by atoms with van der Waals surface area (Å²) in [5, 5.41) is 0. The fourth-order valence-electron chi connectivity index (χ4n) is 1.84. The molecule has 1 unspecified atom stereocenters. The molecule has 1 fully saturated rings. The molecule has 1 N–H and O–H groups in total. The summed E-state index contributed by atoms with van der Waals surface area (Å²) < 4.78 is 32.5. The highest BCUT2D eigenvalue weighted by Crippen LogP contribution is 2.18. The zero-order valence-electron chi connectivity index (χ0n) is 11.2. The average molecular weight is 278 g/mol. The zero-order chi connectivity index (χ0) is 13.8. The second-order valence-corrected chi connectivity index (χ2v) is 6.38. The van der Waals surface area contributed by atoms with Gasteiger partial charge in [-0.1, -0.05) is 6.92 Å². The van der Waals surface area contributed by atoms with Gasteiger partial charge in [0.1, 0.15) is 6.04 Å². The summed E-state index contributed by atoms with van der Waals surface area (Å²) in [6.07, 6.45) is 1.71. The number of ether oxygens (including phenoxy) is 1. The van der Waals surface area contributed by atoms with Crippen molar-refractivity contribution in [2.75, 3.05) is 19.7 Å². The molecule has 0 bridgehead atoms. The Morgan fingerprint density at radius 1 is 1.44 bits per heavy atom. The highest BCUT2D eigenvalue weighted by molar-refractivity contribution is 7.87. The summed E-state index contributed by atoms with van der Waals surface area (Å²) in [5.74, 6) is 0.00498. The van der Waals surface area contributed by atoms with Crippen LogP contribution in [-0.4, -0.2) is 44.4 Å². The molecule has 1 aliphatic heterocycles. The van der Waals surface area contributed by atoms with E-state index in [4.69, 9.17) is 4.74 Å². The minimum Gasteiger partial charge on any atom is -0.465 e. The molecule has 0 amide bonds. The molecule has 0 aliphatic carbocycles. The molecule has 7 heteroatoms. The molecule has 0 aromatic heterocycles. The molecule has 1 rings (SSSR count). The van der Waals surface area contributed by atoms with E-state index in [1.165, 1.54) is 11.2 Å². The van der Waals surface area contributed by atoms with Gasteiger partial charge >= 0.3 is 5.97 Å². The van der Waals surface area contributed by atoms with Crippen LogP contribution in [0.2, 0.25) is 0 Å². The van der Waals surface area contributed by atoms with Crippen molar-refractivity contribution in [3.05, 3.63) is 0 Å². The molecule has 18 heavy (non-hydrogen) atoms. The van der Waals surface area contributed by atoms with Gasteiger partial charge in [-0.2, -0.15) is 17.4 Å². The highest BCUT2D eigenvalue weighted by Gasteiger charge is 2.29. The largest absolute Gasteiger partial charge is 0.465 e. The van der Waals surface area contributed by atoms with Gasteiger partial charge in [0, 0.05) is 13.1 Å². The molecule has 1 saturated heterocycles. The Hall–Kier alpha value is -0.660. The van der Waals surface area contributed by atoms with Crippen LogP contribution in [0.4, 0.5) is 0 Å². The van der Waals surface area contributed by atoms with Crippen molar-refractivity contribution in [3.63, 3.8) is 0 Å². The van der Waals surface area contributed by atoms with Crippen molar-refractivity contribution in [2.45, 2.75) is 39.7 Å². The summed E-state index contributed by atoms with van der Waals surface area (Å²) in [5.41, 5.74) is 0. The van der Waals surface area contributed by atoms with E-state index in [1.54, 1.807) is 6.92 Å². The van der Waals surface area contributed by atoms with E-state index in [-0.39, 0.29) is 6.61 Å². The SMILES string of the molecule is CCOC(=O)C(C)NS(=O)(=O)N1CCC(C)CC1. The van der Waals surface area contributed by atoms with E-state index in [0.717, 1.165) is 12.8 Å². The maximum atomic E-state index is 12.0. The fraction of sp³-hybridized carbons (Fsp3) is 0.909. The number of hydrogen-bond acceptors (Lipinski definition) is 4. The third kappa shape index (κ3) is 4.22. The summed E-state index contributed by atoms with van der Waals surface area (Å²) in [6, 6.07) is -0.853. The van der Waals surface area contributed by atoms with Gasteiger partial charge in [-0.25, -0.2) is 0 Å².